The summed E-state index contributed by atoms with van der Waals surface area (Å²) in [5.74, 6) is -0.515. The molecule has 1 aromatic carbocycles. The molecule has 2 aromatic heterocycles. The number of halogens is 1. The van der Waals surface area contributed by atoms with Crippen molar-refractivity contribution in [1.29, 1.82) is 0 Å². The molecule has 0 radical (unpaired) electrons. The highest BCUT2D eigenvalue weighted by Gasteiger charge is 2.31. The third-order valence-corrected chi connectivity index (χ3v) is 6.25. The molecule has 1 aliphatic heterocycles. The topological polar surface area (TPSA) is 73.9 Å². The van der Waals surface area contributed by atoms with Gasteiger partial charge in [-0.15, -0.1) is 0 Å². The lowest BCUT2D eigenvalue weighted by atomic mass is 9.87. The summed E-state index contributed by atoms with van der Waals surface area (Å²) in [6.45, 7) is 9.19. The summed E-state index contributed by atoms with van der Waals surface area (Å²) in [6.07, 6.45) is 5.69. The minimum Gasteiger partial charge on any atom is -0.343 e. The molecule has 2 N–H and O–H groups in total. The average molecular weight is 450 g/mol. The number of H-pyrrole nitrogens is 1. The Hall–Kier alpha value is -3.06. The third kappa shape index (κ3) is 5.66. The maximum absolute atomic E-state index is 13.7. The van der Waals surface area contributed by atoms with Crippen LogP contribution in [-0.2, 0) is 12.0 Å². The fourth-order valence-corrected chi connectivity index (χ4v) is 4.68. The zero-order valence-corrected chi connectivity index (χ0v) is 19.5. The van der Waals surface area contributed by atoms with Crippen molar-refractivity contribution in [2.75, 3.05) is 13.1 Å². The van der Waals surface area contributed by atoms with Crippen LogP contribution in [0.1, 0.15) is 67.0 Å². The SMILES string of the molecule is CC(C)(C)c1[nH]ncc1CN1CCC[C@@H]([C@@H](NC(=O)c2cccc(F)c2)c2ccccn2)C1. The van der Waals surface area contributed by atoms with E-state index in [1.807, 2.05) is 24.4 Å². The van der Waals surface area contributed by atoms with Crippen LogP contribution >= 0.6 is 0 Å². The van der Waals surface area contributed by atoms with Crippen LogP contribution in [0.4, 0.5) is 4.39 Å². The van der Waals surface area contributed by atoms with E-state index in [2.05, 4.69) is 46.2 Å². The molecule has 1 amide bonds. The number of hydrogen-bond donors (Lipinski definition) is 2. The van der Waals surface area contributed by atoms with E-state index in [9.17, 15) is 9.18 Å². The predicted octanol–water partition coefficient (Wildman–Crippen LogP) is 4.62. The Morgan fingerprint density at radius 2 is 2.12 bits per heavy atom. The van der Waals surface area contributed by atoms with E-state index in [1.54, 1.807) is 18.3 Å². The standard InChI is InChI=1S/C26H32FN5O/c1-26(2,3)24-20(15-29-31-24)17-32-13-7-9-19(16-32)23(22-11-4-5-12-28-22)30-25(33)18-8-6-10-21(27)14-18/h4-6,8,10-12,14-15,19,23H,7,9,13,16-17H2,1-3H3,(H,29,31)(H,30,33)/t19-,23-/m1/s1. The van der Waals surface area contributed by atoms with Crippen molar-refractivity contribution in [2.45, 2.75) is 51.6 Å². The number of pyridine rings is 1. The number of likely N-dealkylation sites (tertiary alicyclic amines) is 1. The summed E-state index contributed by atoms with van der Waals surface area (Å²) >= 11 is 0. The number of nitrogens with zero attached hydrogens (tertiary/aromatic N) is 3. The lowest BCUT2D eigenvalue weighted by Crippen LogP contribution is -2.43. The average Bonchev–Trinajstić information content (AvgIpc) is 3.27. The molecule has 0 saturated carbocycles. The van der Waals surface area contributed by atoms with Gasteiger partial charge in [-0.05, 0) is 55.6 Å². The van der Waals surface area contributed by atoms with Gasteiger partial charge in [0.05, 0.1) is 17.9 Å². The van der Waals surface area contributed by atoms with E-state index in [0.29, 0.717) is 5.56 Å². The Balaban J connectivity index is 1.53. The van der Waals surface area contributed by atoms with Crippen LogP contribution in [0, 0.1) is 11.7 Å². The van der Waals surface area contributed by atoms with E-state index < -0.39 is 5.82 Å². The number of aromatic nitrogens is 3. The number of hydrogen-bond acceptors (Lipinski definition) is 4. The third-order valence-electron chi connectivity index (χ3n) is 6.25. The molecule has 1 aliphatic rings. The molecule has 0 unspecified atom stereocenters. The van der Waals surface area contributed by atoms with Crippen molar-refractivity contribution < 1.29 is 9.18 Å². The molecule has 6 nitrogen and oxygen atoms in total. The van der Waals surface area contributed by atoms with Gasteiger partial charge in [0.25, 0.3) is 5.91 Å². The van der Waals surface area contributed by atoms with Crippen LogP contribution in [0.15, 0.2) is 54.9 Å². The Labute approximate surface area is 194 Å². The Kier molecular flexibility index (Phi) is 6.88. The van der Waals surface area contributed by atoms with E-state index in [1.165, 1.54) is 17.7 Å². The first kappa shape index (κ1) is 23.1. The van der Waals surface area contributed by atoms with E-state index in [-0.39, 0.29) is 23.3 Å². The van der Waals surface area contributed by atoms with Gasteiger partial charge in [0.1, 0.15) is 5.82 Å². The second-order valence-corrected chi connectivity index (χ2v) is 9.87. The first-order valence-electron chi connectivity index (χ1n) is 11.5. The van der Waals surface area contributed by atoms with Crippen LogP contribution in [0.5, 0.6) is 0 Å². The fourth-order valence-electron chi connectivity index (χ4n) is 4.68. The predicted molar refractivity (Wildman–Crippen MR) is 126 cm³/mol. The number of amides is 1. The van der Waals surface area contributed by atoms with Crippen LogP contribution < -0.4 is 5.32 Å². The molecule has 0 aliphatic carbocycles. The number of carbonyl (C=O) groups excluding carboxylic acids is 1. The van der Waals surface area contributed by atoms with Crippen molar-refractivity contribution in [1.82, 2.24) is 25.4 Å². The Morgan fingerprint density at radius 3 is 2.85 bits per heavy atom. The van der Waals surface area contributed by atoms with Gasteiger partial charge >= 0.3 is 0 Å². The summed E-state index contributed by atoms with van der Waals surface area (Å²) in [5, 5.41) is 10.6. The summed E-state index contributed by atoms with van der Waals surface area (Å²) in [7, 11) is 0. The molecule has 0 bridgehead atoms. The fraction of sp³-hybridized carbons (Fsp3) is 0.423. The molecule has 2 atom stereocenters. The molecule has 3 heterocycles. The molecule has 1 fully saturated rings. The number of carbonyl (C=O) groups is 1. The minimum atomic E-state index is -0.421. The maximum Gasteiger partial charge on any atom is 0.251 e. The smallest absolute Gasteiger partial charge is 0.251 e. The number of rotatable bonds is 6. The van der Waals surface area contributed by atoms with Crippen molar-refractivity contribution in [3.63, 3.8) is 0 Å². The monoisotopic (exact) mass is 449 g/mol. The molecule has 174 valence electrons. The molecule has 3 aromatic rings. The van der Waals surface area contributed by atoms with Crippen molar-refractivity contribution in [3.05, 3.63) is 83.2 Å². The zero-order chi connectivity index (χ0) is 23.4. The minimum absolute atomic E-state index is 0.00352. The van der Waals surface area contributed by atoms with Crippen LogP contribution in [-0.4, -0.2) is 39.1 Å². The number of aromatic amines is 1. The van der Waals surface area contributed by atoms with Crippen molar-refractivity contribution in [3.8, 4) is 0 Å². The lowest BCUT2D eigenvalue weighted by molar-refractivity contribution is 0.0874. The highest BCUT2D eigenvalue weighted by Crippen LogP contribution is 2.31. The Bertz CT molecular complexity index is 1080. The number of nitrogens with one attached hydrogen (secondary N) is 2. The van der Waals surface area contributed by atoms with E-state index in [0.717, 1.165) is 43.9 Å². The quantitative estimate of drug-likeness (QED) is 0.576. The van der Waals surface area contributed by atoms with Gasteiger partial charge in [-0.25, -0.2) is 4.39 Å². The summed E-state index contributed by atoms with van der Waals surface area (Å²) in [6, 6.07) is 11.3. The zero-order valence-electron chi connectivity index (χ0n) is 19.5. The van der Waals surface area contributed by atoms with E-state index in [4.69, 9.17) is 0 Å². The molecule has 4 rings (SSSR count). The largest absolute Gasteiger partial charge is 0.343 e. The van der Waals surface area contributed by atoms with Crippen LogP contribution in [0.2, 0.25) is 0 Å². The van der Waals surface area contributed by atoms with Gasteiger partial charge < -0.3 is 5.32 Å². The van der Waals surface area contributed by atoms with Gasteiger partial charge in [0, 0.05) is 41.5 Å². The maximum atomic E-state index is 13.7. The van der Waals surface area contributed by atoms with Crippen LogP contribution in [0.3, 0.4) is 0 Å². The molecule has 1 saturated heterocycles. The van der Waals surface area contributed by atoms with Crippen molar-refractivity contribution >= 4 is 5.91 Å². The summed E-state index contributed by atoms with van der Waals surface area (Å²) in [4.78, 5) is 20.0. The van der Waals surface area contributed by atoms with Gasteiger partial charge in [-0.2, -0.15) is 5.10 Å². The molecule has 7 heteroatoms. The van der Waals surface area contributed by atoms with Gasteiger partial charge in [-0.3, -0.25) is 19.8 Å². The first-order chi connectivity index (χ1) is 15.8. The second kappa shape index (κ2) is 9.83. The molecular weight excluding hydrogens is 417 g/mol. The highest BCUT2D eigenvalue weighted by molar-refractivity contribution is 5.94. The summed E-state index contributed by atoms with van der Waals surface area (Å²) < 4.78 is 13.7. The number of benzene rings is 1. The summed E-state index contributed by atoms with van der Waals surface area (Å²) in [5.41, 5.74) is 3.51. The molecule has 0 spiro atoms. The lowest BCUT2D eigenvalue weighted by Gasteiger charge is -2.37. The highest BCUT2D eigenvalue weighted by atomic mass is 19.1. The van der Waals surface area contributed by atoms with E-state index >= 15 is 0 Å². The Morgan fingerprint density at radius 1 is 1.27 bits per heavy atom. The normalized spacial score (nSPS) is 18.1. The number of piperidine rings is 1. The van der Waals surface area contributed by atoms with Gasteiger partial charge in [-0.1, -0.05) is 32.9 Å². The van der Waals surface area contributed by atoms with Gasteiger partial charge in [0.2, 0.25) is 0 Å². The van der Waals surface area contributed by atoms with Crippen molar-refractivity contribution in [2.24, 2.45) is 5.92 Å². The molecular formula is C26H32FN5O. The van der Waals surface area contributed by atoms with Crippen LogP contribution in [0.25, 0.3) is 0 Å². The second-order valence-electron chi connectivity index (χ2n) is 9.87. The molecule has 33 heavy (non-hydrogen) atoms. The van der Waals surface area contributed by atoms with Gasteiger partial charge in [0.15, 0.2) is 0 Å². The first-order valence-corrected chi connectivity index (χ1v) is 11.5.